The highest BCUT2D eigenvalue weighted by atomic mass is 35.5. The second-order valence-electron chi connectivity index (χ2n) is 2.26. The predicted molar refractivity (Wildman–Crippen MR) is 48.0 cm³/mol. The van der Waals surface area contributed by atoms with Crippen molar-refractivity contribution in [2.24, 2.45) is 0 Å². The smallest absolute Gasteiger partial charge is 0.328 e. The minimum absolute atomic E-state index is 0.0865. The molecule has 0 saturated carbocycles. The predicted octanol–water partition coefficient (Wildman–Crippen LogP) is 1.09. The van der Waals surface area contributed by atoms with E-state index in [1.54, 1.807) is 6.07 Å². The minimum atomic E-state index is -0.575. The van der Waals surface area contributed by atoms with Gasteiger partial charge in [0.2, 0.25) is 0 Å². The summed E-state index contributed by atoms with van der Waals surface area (Å²) in [4.78, 5) is 17.4. The number of pyridine rings is 1. The van der Waals surface area contributed by atoms with Crippen molar-refractivity contribution in [1.29, 1.82) is 5.26 Å². The third-order valence-electron chi connectivity index (χ3n) is 1.40. The molecule has 0 spiro atoms. The van der Waals surface area contributed by atoms with Gasteiger partial charge in [-0.1, -0.05) is 11.6 Å². The van der Waals surface area contributed by atoms with Crippen molar-refractivity contribution in [3.05, 3.63) is 34.1 Å². The fourth-order valence-corrected chi connectivity index (χ4v) is 1.05. The van der Waals surface area contributed by atoms with Gasteiger partial charge in [0.05, 0.1) is 5.56 Å². The van der Waals surface area contributed by atoms with E-state index >= 15 is 0 Å². The number of hydrogen-bond donors (Lipinski definition) is 0. The Morgan fingerprint density at radius 2 is 2.43 bits per heavy atom. The van der Waals surface area contributed by atoms with E-state index in [9.17, 15) is 4.79 Å². The number of nitriles is 1. The zero-order chi connectivity index (χ0) is 10.6. The molecule has 5 nitrogen and oxygen atoms in total. The van der Waals surface area contributed by atoms with Crippen LogP contribution >= 0.6 is 11.6 Å². The normalized spacial score (nSPS) is 8.57. The number of carbonyl (C=O) groups excluding carboxylic acids is 1. The molecule has 0 amide bonds. The van der Waals surface area contributed by atoms with Crippen molar-refractivity contribution in [2.45, 2.75) is 0 Å². The standard InChI is InChI=1S/C8H3ClN4O/c9-8-6(7(14)4-12-11)2-1-5(3-10)13-8/h1-2,4H. The molecule has 0 atom stereocenters. The van der Waals surface area contributed by atoms with Crippen LogP contribution in [0.25, 0.3) is 5.53 Å². The van der Waals surface area contributed by atoms with Gasteiger partial charge < -0.3 is 5.53 Å². The van der Waals surface area contributed by atoms with Crippen molar-refractivity contribution >= 4 is 23.6 Å². The average Bonchev–Trinajstić information content (AvgIpc) is 2.17. The summed E-state index contributed by atoms with van der Waals surface area (Å²) < 4.78 is 0. The van der Waals surface area contributed by atoms with Crippen LogP contribution in [0.3, 0.4) is 0 Å². The summed E-state index contributed by atoms with van der Waals surface area (Å²) in [5, 5.41) is 8.38. The van der Waals surface area contributed by atoms with Crippen LogP contribution in [0.1, 0.15) is 16.1 Å². The SMILES string of the molecule is N#Cc1ccc(C(=O)C=[N+]=[N-])c(Cl)n1. The van der Waals surface area contributed by atoms with Gasteiger partial charge in [-0.3, -0.25) is 4.79 Å². The van der Waals surface area contributed by atoms with E-state index in [0.717, 1.165) is 0 Å². The van der Waals surface area contributed by atoms with Crippen LogP contribution in [-0.2, 0) is 0 Å². The summed E-state index contributed by atoms with van der Waals surface area (Å²) in [5.74, 6) is -0.575. The molecule has 0 aromatic carbocycles. The topological polar surface area (TPSA) is 90.2 Å². The van der Waals surface area contributed by atoms with E-state index in [1.165, 1.54) is 12.1 Å². The van der Waals surface area contributed by atoms with Crippen molar-refractivity contribution in [3.63, 3.8) is 0 Å². The highest BCUT2D eigenvalue weighted by Gasteiger charge is 2.12. The molecule has 6 heteroatoms. The van der Waals surface area contributed by atoms with E-state index in [2.05, 4.69) is 9.77 Å². The van der Waals surface area contributed by atoms with Crippen LogP contribution < -0.4 is 0 Å². The number of aromatic nitrogens is 1. The van der Waals surface area contributed by atoms with E-state index in [0.29, 0.717) is 6.21 Å². The monoisotopic (exact) mass is 206 g/mol. The highest BCUT2D eigenvalue weighted by Crippen LogP contribution is 2.13. The maximum absolute atomic E-state index is 11.1. The Kier molecular flexibility index (Phi) is 3.08. The summed E-state index contributed by atoms with van der Waals surface area (Å²) in [6.45, 7) is 0. The molecule has 0 saturated heterocycles. The first-order valence-electron chi connectivity index (χ1n) is 3.47. The van der Waals surface area contributed by atoms with Gasteiger partial charge in [0.15, 0.2) is 0 Å². The Bertz CT molecular complexity index is 471. The molecule has 0 radical (unpaired) electrons. The largest absolute Gasteiger partial charge is 0.361 e. The molecule has 0 N–H and O–H groups in total. The Morgan fingerprint density at radius 1 is 1.71 bits per heavy atom. The van der Waals surface area contributed by atoms with Gasteiger partial charge in [0, 0.05) is 0 Å². The summed E-state index contributed by atoms with van der Waals surface area (Å²) in [6, 6.07) is 4.47. The summed E-state index contributed by atoms with van der Waals surface area (Å²) >= 11 is 5.61. The number of ketones is 1. The molecule has 1 heterocycles. The van der Waals surface area contributed by atoms with E-state index < -0.39 is 5.78 Å². The molecule has 0 aliphatic carbocycles. The summed E-state index contributed by atoms with van der Waals surface area (Å²) in [6.07, 6.45) is 0.703. The lowest BCUT2D eigenvalue weighted by Crippen LogP contribution is -2.03. The molecule has 0 unspecified atom stereocenters. The molecule has 0 aliphatic heterocycles. The van der Waals surface area contributed by atoms with Crippen molar-refractivity contribution in [1.82, 2.24) is 4.98 Å². The molecule has 14 heavy (non-hydrogen) atoms. The molecular formula is C8H3ClN4O. The van der Waals surface area contributed by atoms with Gasteiger partial charge in [0.25, 0.3) is 5.78 Å². The number of carbonyl (C=O) groups is 1. The maximum Gasteiger partial charge on any atom is 0.328 e. The zero-order valence-corrected chi connectivity index (χ0v) is 7.56. The van der Waals surface area contributed by atoms with Crippen LogP contribution in [0.4, 0.5) is 0 Å². The number of hydrogen-bond acceptors (Lipinski definition) is 3. The molecule has 0 bridgehead atoms. The molecule has 1 aromatic rings. The fraction of sp³-hybridized carbons (Fsp3) is 0. The fourth-order valence-electron chi connectivity index (χ4n) is 0.802. The zero-order valence-electron chi connectivity index (χ0n) is 6.81. The number of Topliss-reactive ketones (excluding diaryl/α,β-unsaturated/α-hetero) is 1. The van der Waals surface area contributed by atoms with Crippen LogP contribution in [0, 0.1) is 11.3 Å². The Balaban J connectivity index is 3.20. The van der Waals surface area contributed by atoms with Gasteiger partial charge in [-0.2, -0.15) is 10.1 Å². The minimum Gasteiger partial charge on any atom is -0.361 e. The summed E-state index contributed by atoms with van der Waals surface area (Å²) in [5.41, 5.74) is 8.33. The molecular weight excluding hydrogens is 204 g/mol. The molecule has 0 fully saturated rings. The first kappa shape index (κ1) is 10.1. The lowest BCUT2D eigenvalue weighted by molar-refractivity contribution is 0.00234. The van der Waals surface area contributed by atoms with Crippen LogP contribution in [0.5, 0.6) is 0 Å². The Morgan fingerprint density at radius 3 is 2.93 bits per heavy atom. The second kappa shape index (κ2) is 4.28. The number of halogens is 1. The number of rotatable bonds is 2. The molecule has 68 valence electrons. The molecule has 0 aliphatic rings. The van der Waals surface area contributed by atoms with Gasteiger partial charge in [0.1, 0.15) is 16.9 Å². The number of nitrogens with zero attached hydrogens (tertiary/aromatic N) is 4. The third-order valence-corrected chi connectivity index (χ3v) is 1.69. The van der Waals surface area contributed by atoms with Crippen molar-refractivity contribution in [3.8, 4) is 6.07 Å². The first-order valence-corrected chi connectivity index (χ1v) is 3.85. The van der Waals surface area contributed by atoms with E-state index in [4.69, 9.17) is 22.4 Å². The second-order valence-corrected chi connectivity index (χ2v) is 2.61. The Hall–Kier alpha value is -2.02. The van der Waals surface area contributed by atoms with E-state index in [-0.39, 0.29) is 16.4 Å². The van der Waals surface area contributed by atoms with Crippen LogP contribution in [0.15, 0.2) is 12.1 Å². The highest BCUT2D eigenvalue weighted by molar-refractivity contribution is 6.40. The van der Waals surface area contributed by atoms with Gasteiger partial charge in [-0.25, -0.2) is 4.98 Å². The van der Waals surface area contributed by atoms with Crippen molar-refractivity contribution in [2.75, 3.05) is 0 Å². The van der Waals surface area contributed by atoms with Gasteiger partial charge in [-0.05, 0) is 12.1 Å². The maximum atomic E-state index is 11.1. The summed E-state index contributed by atoms with van der Waals surface area (Å²) in [7, 11) is 0. The lowest BCUT2D eigenvalue weighted by Gasteiger charge is -1.95. The van der Waals surface area contributed by atoms with Gasteiger partial charge in [-0.15, -0.1) is 0 Å². The molecule has 1 rings (SSSR count). The van der Waals surface area contributed by atoms with Gasteiger partial charge >= 0.3 is 6.21 Å². The average molecular weight is 207 g/mol. The van der Waals surface area contributed by atoms with E-state index in [1.807, 2.05) is 0 Å². The first-order chi connectivity index (χ1) is 6.69. The quantitative estimate of drug-likeness (QED) is 0.238. The lowest BCUT2D eigenvalue weighted by atomic mass is 10.2. The third kappa shape index (κ3) is 2.02. The van der Waals surface area contributed by atoms with Crippen LogP contribution in [0.2, 0.25) is 5.15 Å². The van der Waals surface area contributed by atoms with Crippen molar-refractivity contribution < 1.29 is 9.58 Å². The molecule has 1 aromatic heterocycles. The van der Waals surface area contributed by atoms with Crippen LogP contribution in [-0.4, -0.2) is 21.8 Å². The Labute approximate surface area is 84.2 Å².